The molecule has 0 bridgehead atoms. The Kier molecular flexibility index (Phi) is 5.14. The van der Waals surface area contributed by atoms with Crippen LogP contribution >= 0.6 is 0 Å². The third-order valence-electron chi connectivity index (χ3n) is 5.63. The number of aryl methyl sites for hydroxylation is 1. The van der Waals surface area contributed by atoms with Crippen LogP contribution in [0.25, 0.3) is 11.0 Å². The fourth-order valence-corrected chi connectivity index (χ4v) is 3.90. The fourth-order valence-electron chi connectivity index (χ4n) is 3.90. The monoisotopic (exact) mass is 384 g/mol. The number of aromatic nitrogens is 3. The van der Waals surface area contributed by atoms with E-state index in [4.69, 9.17) is 10.1 Å². The van der Waals surface area contributed by atoms with Crippen LogP contribution in [0, 0.1) is 6.92 Å². The molecule has 1 aliphatic carbocycles. The molecule has 152 valence electrons. The van der Waals surface area contributed by atoms with E-state index in [0.29, 0.717) is 12.5 Å². The third-order valence-corrected chi connectivity index (χ3v) is 5.63. The first-order chi connectivity index (χ1) is 13.3. The topological polar surface area (TPSA) is 75.1 Å². The largest absolute Gasteiger partial charge is 0.351 e. The number of hydrogen-bond acceptors (Lipinski definition) is 5. The number of carbonyl (C=O) groups excluding carboxylic acids is 1. The average molecular weight is 385 g/mol. The van der Waals surface area contributed by atoms with Crippen LogP contribution in [0.5, 0.6) is 0 Å². The number of hydrogen-bond donors (Lipinski definition) is 2. The predicted molar refractivity (Wildman–Crippen MR) is 111 cm³/mol. The van der Waals surface area contributed by atoms with Gasteiger partial charge in [-0.15, -0.1) is 0 Å². The number of rotatable bonds is 5. The Labute approximate surface area is 166 Å². The number of nitrogens with one attached hydrogen (secondary N) is 2. The summed E-state index contributed by atoms with van der Waals surface area (Å²) in [7, 11) is 0. The minimum absolute atomic E-state index is 0.0130. The van der Waals surface area contributed by atoms with Gasteiger partial charge in [-0.3, -0.25) is 9.69 Å². The summed E-state index contributed by atoms with van der Waals surface area (Å²) in [6, 6.07) is 2.00. The molecule has 0 unspecified atom stereocenters. The van der Waals surface area contributed by atoms with Crippen LogP contribution in [-0.2, 0) is 5.54 Å². The average Bonchev–Trinajstić information content (AvgIpc) is 3.45. The SMILES string of the molecule is Cc1nn(C(C)(C)C)c2nc(C3CC3)cc(C(=O)NCCN3CCNCC3)c12. The highest BCUT2D eigenvalue weighted by atomic mass is 16.1. The first-order valence-corrected chi connectivity index (χ1v) is 10.5. The van der Waals surface area contributed by atoms with Crippen molar-refractivity contribution in [1.29, 1.82) is 0 Å². The van der Waals surface area contributed by atoms with E-state index in [2.05, 4.69) is 36.3 Å². The van der Waals surface area contributed by atoms with Gasteiger partial charge in [-0.2, -0.15) is 5.10 Å². The molecular weight excluding hydrogens is 352 g/mol. The molecule has 4 rings (SSSR count). The van der Waals surface area contributed by atoms with Gasteiger partial charge < -0.3 is 10.6 Å². The van der Waals surface area contributed by atoms with Crippen molar-refractivity contribution in [3.05, 3.63) is 23.0 Å². The maximum Gasteiger partial charge on any atom is 0.252 e. The van der Waals surface area contributed by atoms with Crippen molar-refractivity contribution in [2.75, 3.05) is 39.3 Å². The molecule has 2 aromatic heterocycles. The van der Waals surface area contributed by atoms with Gasteiger partial charge in [-0.05, 0) is 46.6 Å². The Morgan fingerprint density at radius 1 is 1.29 bits per heavy atom. The maximum absolute atomic E-state index is 13.1. The molecule has 0 aromatic carbocycles. The first-order valence-electron chi connectivity index (χ1n) is 10.5. The Morgan fingerprint density at radius 2 is 2.00 bits per heavy atom. The lowest BCUT2D eigenvalue weighted by molar-refractivity contribution is 0.0948. The molecule has 2 aromatic rings. The zero-order valence-corrected chi connectivity index (χ0v) is 17.5. The van der Waals surface area contributed by atoms with Crippen LogP contribution in [0.2, 0.25) is 0 Å². The van der Waals surface area contributed by atoms with Gasteiger partial charge in [0.1, 0.15) is 0 Å². The lowest BCUT2D eigenvalue weighted by Gasteiger charge is -2.27. The highest BCUT2D eigenvalue weighted by Gasteiger charge is 2.30. The lowest BCUT2D eigenvalue weighted by Crippen LogP contribution is -2.46. The molecule has 2 N–H and O–H groups in total. The van der Waals surface area contributed by atoms with Crippen molar-refractivity contribution in [3.8, 4) is 0 Å². The summed E-state index contributed by atoms with van der Waals surface area (Å²) in [4.78, 5) is 20.4. The molecule has 0 radical (unpaired) electrons. The van der Waals surface area contributed by atoms with Gasteiger partial charge >= 0.3 is 0 Å². The van der Waals surface area contributed by atoms with Crippen molar-refractivity contribution in [2.45, 2.75) is 52.0 Å². The van der Waals surface area contributed by atoms with E-state index in [-0.39, 0.29) is 11.4 Å². The number of amides is 1. The minimum Gasteiger partial charge on any atom is -0.351 e. The second-order valence-electron chi connectivity index (χ2n) is 9.08. The van der Waals surface area contributed by atoms with E-state index in [1.165, 1.54) is 0 Å². The number of piperazine rings is 1. The van der Waals surface area contributed by atoms with E-state index in [0.717, 1.165) is 73.6 Å². The van der Waals surface area contributed by atoms with Crippen LogP contribution in [0.1, 0.15) is 61.3 Å². The van der Waals surface area contributed by atoms with Crippen molar-refractivity contribution >= 4 is 16.9 Å². The zero-order chi connectivity index (χ0) is 19.9. The first kappa shape index (κ1) is 19.3. The van der Waals surface area contributed by atoms with Crippen LogP contribution in [0.3, 0.4) is 0 Å². The molecule has 1 amide bonds. The van der Waals surface area contributed by atoms with Crippen molar-refractivity contribution < 1.29 is 4.79 Å². The van der Waals surface area contributed by atoms with E-state index >= 15 is 0 Å². The van der Waals surface area contributed by atoms with Gasteiger partial charge in [-0.1, -0.05) is 0 Å². The Bertz CT molecular complexity index is 871. The Morgan fingerprint density at radius 3 is 2.64 bits per heavy atom. The van der Waals surface area contributed by atoms with Crippen molar-refractivity contribution in [2.24, 2.45) is 0 Å². The highest BCUT2D eigenvalue weighted by molar-refractivity contribution is 6.06. The summed E-state index contributed by atoms with van der Waals surface area (Å²) >= 11 is 0. The molecule has 7 heteroatoms. The number of carbonyl (C=O) groups is 1. The number of nitrogens with zero attached hydrogens (tertiary/aromatic N) is 4. The number of fused-ring (bicyclic) bond motifs is 1. The molecule has 1 aliphatic heterocycles. The molecule has 3 heterocycles. The summed E-state index contributed by atoms with van der Waals surface area (Å²) in [5.41, 5.74) is 3.27. The predicted octanol–water partition coefficient (Wildman–Crippen LogP) is 2.01. The van der Waals surface area contributed by atoms with Crippen LogP contribution < -0.4 is 10.6 Å². The summed E-state index contributed by atoms with van der Waals surface area (Å²) < 4.78 is 1.97. The Balaban J connectivity index is 1.61. The molecule has 0 spiro atoms. The minimum atomic E-state index is -0.183. The molecule has 2 fully saturated rings. The lowest BCUT2D eigenvalue weighted by atomic mass is 10.1. The molecule has 2 aliphatic rings. The van der Waals surface area contributed by atoms with Crippen LogP contribution in [0.4, 0.5) is 0 Å². The van der Waals surface area contributed by atoms with Crippen LogP contribution in [-0.4, -0.2) is 64.8 Å². The second kappa shape index (κ2) is 7.44. The van der Waals surface area contributed by atoms with Crippen molar-refractivity contribution in [1.82, 2.24) is 30.3 Å². The maximum atomic E-state index is 13.1. The molecule has 1 saturated heterocycles. The molecule has 0 atom stereocenters. The van der Waals surface area contributed by atoms with Gasteiger partial charge in [0.2, 0.25) is 0 Å². The molecule has 1 saturated carbocycles. The molecule has 28 heavy (non-hydrogen) atoms. The van der Waals surface area contributed by atoms with Crippen molar-refractivity contribution in [3.63, 3.8) is 0 Å². The van der Waals surface area contributed by atoms with Gasteiger partial charge in [0.15, 0.2) is 5.65 Å². The Hall–Kier alpha value is -1.99. The van der Waals surface area contributed by atoms with E-state index in [9.17, 15) is 4.79 Å². The zero-order valence-electron chi connectivity index (χ0n) is 17.5. The van der Waals surface area contributed by atoms with Gasteiger partial charge in [0.25, 0.3) is 5.91 Å². The standard InChI is InChI=1S/C21H32N6O/c1-14-18-16(20(28)23-9-12-26-10-7-22-8-11-26)13-17(15-5-6-15)24-19(18)27(25-14)21(2,3)4/h13,15,22H,5-12H2,1-4H3,(H,23,28). The third kappa shape index (κ3) is 3.91. The second-order valence-corrected chi connectivity index (χ2v) is 9.08. The quantitative estimate of drug-likeness (QED) is 0.825. The van der Waals surface area contributed by atoms with Gasteiger partial charge in [0, 0.05) is 50.9 Å². The highest BCUT2D eigenvalue weighted by Crippen LogP contribution is 2.40. The van der Waals surface area contributed by atoms with E-state index in [1.807, 2.05) is 17.7 Å². The molecular formula is C21H32N6O. The normalized spacial score (nSPS) is 18.6. The smallest absolute Gasteiger partial charge is 0.252 e. The summed E-state index contributed by atoms with van der Waals surface area (Å²) in [6.07, 6.45) is 2.32. The van der Waals surface area contributed by atoms with Crippen LogP contribution in [0.15, 0.2) is 6.07 Å². The summed E-state index contributed by atoms with van der Waals surface area (Å²) in [5.74, 6) is 0.474. The van der Waals surface area contributed by atoms with E-state index in [1.54, 1.807) is 0 Å². The van der Waals surface area contributed by atoms with Gasteiger partial charge in [0.05, 0.1) is 22.2 Å². The number of pyridine rings is 1. The summed E-state index contributed by atoms with van der Waals surface area (Å²) in [5, 5.41) is 12.1. The molecule has 7 nitrogen and oxygen atoms in total. The van der Waals surface area contributed by atoms with E-state index < -0.39 is 0 Å². The van der Waals surface area contributed by atoms with Gasteiger partial charge in [-0.25, -0.2) is 9.67 Å². The fraction of sp³-hybridized carbons (Fsp3) is 0.667. The summed E-state index contributed by atoms with van der Waals surface area (Å²) in [6.45, 7) is 14.0.